The zero-order valence-electron chi connectivity index (χ0n) is 15.9. The Balaban J connectivity index is 2.05. The molecule has 29 heavy (non-hydrogen) atoms. The highest BCUT2D eigenvalue weighted by atomic mass is 16.4. The van der Waals surface area contributed by atoms with Gasteiger partial charge in [0.2, 0.25) is 0 Å². The van der Waals surface area contributed by atoms with Gasteiger partial charge in [-0.25, -0.2) is 4.98 Å². The minimum atomic E-state index is -1.08. The predicted molar refractivity (Wildman–Crippen MR) is 106 cm³/mol. The molecule has 0 aliphatic rings. The summed E-state index contributed by atoms with van der Waals surface area (Å²) in [5, 5.41) is 32.7. The van der Waals surface area contributed by atoms with E-state index in [0.717, 1.165) is 11.1 Å². The second-order valence-corrected chi connectivity index (χ2v) is 6.80. The van der Waals surface area contributed by atoms with Crippen LogP contribution in [0.2, 0.25) is 0 Å². The van der Waals surface area contributed by atoms with Gasteiger partial charge in [-0.2, -0.15) is 5.26 Å². The molecule has 0 spiro atoms. The Kier molecular flexibility index (Phi) is 5.46. The van der Waals surface area contributed by atoms with Crippen molar-refractivity contribution in [3.63, 3.8) is 0 Å². The zero-order chi connectivity index (χ0) is 21.1. The molecule has 146 valence electrons. The molecule has 0 aliphatic carbocycles. The van der Waals surface area contributed by atoms with Crippen LogP contribution >= 0.6 is 0 Å². The molecule has 1 aromatic heterocycles. The third-order valence-corrected chi connectivity index (χ3v) is 4.70. The van der Waals surface area contributed by atoms with E-state index in [1.807, 2.05) is 32.0 Å². The number of benzene rings is 2. The van der Waals surface area contributed by atoms with Crippen LogP contribution in [0, 0.1) is 25.2 Å². The number of amides is 1. The number of pyridine rings is 1. The number of aryl methyl sites for hydroxylation is 2. The molecule has 0 saturated heterocycles. The molecule has 3 rings (SSSR count). The van der Waals surface area contributed by atoms with Crippen molar-refractivity contribution in [1.29, 1.82) is 5.26 Å². The Morgan fingerprint density at radius 1 is 1.17 bits per heavy atom. The molecule has 2 aromatic carbocycles. The van der Waals surface area contributed by atoms with Crippen LogP contribution in [0.1, 0.15) is 45.3 Å². The fraction of sp³-hybridized carbons (Fsp3) is 0.182. The predicted octanol–water partition coefficient (Wildman–Crippen LogP) is 3.37. The average Bonchev–Trinajstić information content (AvgIpc) is 2.67. The lowest BCUT2D eigenvalue weighted by atomic mass is 9.98. The maximum atomic E-state index is 12.9. The fourth-order valence-electron chi connectivity index (χ4n) is 3.27. The van der Waals surface area contributed by atoms with Crippen LogP contribution < -0.4 is 5.32 Å². The number of aliphatic carboxylic acids is 1. The summed E-state index contributed by atoms with van der Waals surface area (Å²) in [6.45, 7) is 3.66. The van der Waals surface area contributed by atoms with Gasteiger partial charge in [-0.15, -0.1) is 0 Å². The molecule has 1 atom stereocenters. The molecule has 3 N–H and O–H groups in total. The Hall–Kier alpha value is -3.92. The first-order valence-electron chi connectivity index (χ1n) is 8.93. The summed E-state index contributed by atoms with van der Waals surface area (Å²) < 4.78 is 0. The number of nitrogens with one attached hydrogen (secondary N) is 1. The normalized spacial score (nSPS) is 11.6. The van der Waals surface area contributed by atoms with Crippen molar-refractivity contribution in [2.75, 3.05) is 0 Å². The lowest BCUT2D eigenvalue weighted by Crippen LogP contribution is -2.31. The van der Waals surface area contributed by atoms with Crippen molar-refractivity contribution in [3.8, 4) is 11.8 Å². The lowest BCUT2D eigenvalue weighted by Gasteiger charge is -2.20. The van der Waals surface area contributed by atoms with Gasteiger partial charge >= 0.3 is 5.97 Å². The van der Waals surface area contributed by atoms with E-state index in [-0.39, 0.29) is 23.6 Å². The smallest absolute Gasteiger partial charge is 0.305 e. The third kappa shape index (κ3) is 4.01. The van der Waals surface area contributed by atoms with E-state index >= 15 is 0 Å². The first-order valence-corrected chi connectivity index (χ1v) is 8.93. The van der Waals surface area contributed by atoms with Gasteiger partial charge in [0, 0.05) is 10.8 Å². The number of carbonyl (C=O) groups excluding carboxylic acids is 1. The van der Waals surface area contributed by atoms with E-state index in [4.69, 9.17) is 0 Å². The Labute approximate surface area is 167 Å². The quantitative estimate of drug-likeness (QED) is 0.615. The topological polar surface area (TPSA) is 123 Å². The van der Waals surface area contributed by atoms with Crippen LogP contribution in [0.3, 0.4) is 0 Å². The van der Waals surface area contributed by atoms with E-state index < -0.39 is 17.9 Å². The molecule has 1 amide bonds. The van der Waals surface area contributed by atoms with Crippen LogP contribution in [-0.2, 0) is 4.79 Å². The van der Waals surface area contributed by atoms with Crippen LogP contribution in [0.25, 0.3) is 10.8 Å². The summed E-state index contributed by atoms with van der Waals surface area (Å²) in [6, 6.07) is 13.3. The van der Waals surface area contributed by atoms with Crippen molar-refractivity contribution in [2.45, 2.75) is 26.3 Å². The fourth-order valence-corrected chi connectivity index (χ4v) is 3.27. The van der Waals surface area contributed by atoms with E-state index in [0.29, 0.717) is 16.3 Å². The van der Waals surface area contributed by atoms with Crippen LogP contribution in [0.5, 0.6) is 5.75 Å². The van der Waals surface area contributed by atoms with Crippen molar-refractivity contribution < 1.29 is 19.8 Å². The Morgan fingerprint density at radius 2 is 1.90 bits per heavy atom. The first kappa shape index (κ1) is 19.8. The number of carboxylic acid groups (broad SMARTS) is 1. The third-order valence-electron chi connectivity index (χ3n) is 4.70. The maximum Gasteiger partial charge on any atom is 0.305 e. The van der Waals surface area contributed by atoms with Gasteiger partial charge in [0.15, 0.2) is 11.4 Å². The number of rotatable bonds is 5. The number of fused-ring (bicyclic) bond motifs is 1. The molecular weight excluding hydrogens is 370 g/mol. The lowest BCUT2D eigenvalue weighted by molar-refractivity contribution is -0.137. The van der Waals surface area contributed by atoms with Gasteiger partial charge in [-0.1, -0.05) is 42.0 Å². The highest BCUT2D eigenvalue weighted by Crippen LogP contribution is 2.31. The monoisotopic (exact) mass is 389 g/mol. The van der Waals surface area contributed by atoms with Crippen LogP contribution in [0.4, 0.5) is 0 Å². The number of aromatic nitrogens is 1. The summed E-state index contributed by atoms with van der Waals surface area (Å²) in [7, 11) is 0. The van der Waals surface area contributed by atoms with E-state index in [2.05, 4.69) is 10.3 Å². The van der Waals surface area contributed by atoms with Crippen molar-refractivity contribution in [1.82, 2.24) is 10.3 Å². The van der Waals surface area contributed by atoms with E-state index in [9.17, 15) is 25.1 Å². The number of hydrogen-bond acceptors (Lipinski definition) is 5. The SMILES string of the molecule is Cc1ccc2c(O)c(C(=O)N[C@@H](CC(=O)O)c3ccccc3C)nc(C#N)c2c1. The molecule has 3 aromatic rings. The summed E-state index contributed by atoms with van der Waals surface area (Å²) in [5.74, 6) is -2.19. The maximum absolute atomic E-state index is 12.9. The van der Waals surface area contributed by atoms with E-state index in [1.54, 1.807) is 30.3 Å². The van der Waals surface area contributed by atoms with Crippen molar-refractivity contribution >= 4 is 22.6 Å². The second-order valence-electron chi connectivity index (χ2n) is 6.80. The number of nitriles is 1. The molecule has 0 radical (unpaired) electrons. The van der Waals surface area contributed by atoms with Crippen molar-refractivity contribution in [3.05, 3.63) is 70.5 Å². The average molecular weight is 389 g/mol. The summed E-state index contributed by atoms with van der Waals surface area (Å²) >= 11 is 0. The number of nitrogens with zero attached hydrogens (tertiary/aromatic N) is 2. The number of carbonyl (C=O) groups is 2. The largest absolute Gasteiger partial charge is 0.505 e. The number of aromatic hydroxyl groups is 1. The molecular formula is C22H19N3O4. The van der Waals surface area contributed by atoms with Crippen molar-refractivity contribution in [2.24, 2.45) is 0 Å². The minimum Gasteiger partial charge on any atom is -0.505 e. The van der Waals surface area contributed by atoms with Gasteiger partial charge in [-0.3, -0.25) is 9.59 Å². The molecule has 0 saturated carbocycles. The van der Waals surface area contributed by atoms with Gasteiger partial charge in [0.1, 0.15) is 11.8 Å². The van der Waals surface area contributed by atoms with Gasteiger partial charge in [-0.05, 0) is 31.0 Å². The molecule has 0 unspecified atom stereocenters. The molecule has 7 nitrogen and oxygen atoms in total. The molecule has 1 heterocycles. The number of hydrogen-bond donors (Lipinski definition) is 3. The first-order chi connectivity index (χ1) is 13.8. The second kappa shape index (κ2) is 7.98. The Morgan fingerprint density at radius 3 is 2.55 bits per heavy atom. The molecule has 0 fully saturated rings. The highest BCUT2D eigenvalue weighted by Gasteiger charge is 2.24. The Bertz CT molecular complexity index is 1160. The number of carboxylic acids is 1. The van der Waals surface area contributed by atoms with Crippen LogP contribution in [-0.4, -0.2) is 27.1 Å². The van der Waals surface area contributed by atoms with Gasteiger partial charge in [0.25, 0.3) is 5.91 Å². The standard InChI is InChI=1S/C22H19N3O4/c1-12-7-8-15-16(9-12)18(11-23)24-20(21(15)28)22(29)25-17(10-19(26)27)14-6-4-3-5-13(14)2/h3-9,17,28H,10H2,1-2H3,(H,25,29)(H,26,27)/t17-/m0/s1. The van der Waals surface area contributed by atoms with Crippen LogP contribution in [0.15, 0.2) is 42.5 Å². The van der Waals surface area contributed by atoms with E-state index in [1.165, 1.54) is 0 Å². The summed E-state index contributed by atoms with van der Waals surface area (Å²) in [6.07, 6.45) is -0.338. The zero-order valence-corrected chi connectivity index (χ0v) is 15.9. The van der Waals surface area contributed by atoms with Gasteiger partial charge < -0.3 is 15.5 Å². The van der Waals surface area contributed by atoms with Gasteiger partial charge in [0.05, 0.1) is 12.5 Å². The molecule has 0 bridgehead atoms. The summed E-state index contributed by atoms with van der Waals surface area (Å²) in [4.78, 5) is 28.2. The highest BCUT2D eigenvalue weighted by molar-refractivity contribution is 6.03. The molecule has 7 heteroatoms. The minimum absolute atomic E-state index is 0.0114. The summed E-state index contributed by atoms with van der Waals surface area (Å²) in [5.41, 5.74) is 2.05. The molecule has 0 aliphatic heterocycles.